The van der Waals surface area contributed by atoms with Crippen molar-refractivity contribution in [1.29, 1.82) is 0 Å². The van der Waals surface area contributed by atoms with E-state index in [-0.39, 0.29) is 12.0 Å². The lowest BCUT2D eigenvalue weighted by atomic mass is 10.1. The van der Waals surface area contributed by atoms with E-state index in [0.717, 1.165) is 30.8 Å². The van der Waals surface area contributed by atoms with Gasteiger partial charge in [-0.25, -0.2) is 0 Å². The summed E-state index contributed by atoms with van der Waals surface area (Å²) in [5, 5.41) is 1.22. The van der Waals surface area contributed by atoms with Gasteiger partial charge in [0.05, 0.1) is 12.6 Å². The summed E-state index contributed by atoms with van der Waals surface area (Å²) in [7, 11) is 0. The maximum Gasteiger partial charge on any atom is 0.237 e. The Hall–Kier alpha value is -2.70. The van der Waals surface area contributed by atoms with Gasteiger partial charge in [-0.15, -0.1) is 0 Å². The molecule has 2 aliphatic rings. The van der Waals surface area contributed by atoms with Crippen LogP contribution < -0.4 is 0 Å². The second-order valence-corrected chi connectivity index (χ2v) is 8.56. The van der Waals surface area contributed by atoms with E-state index in [1.165, 1.54) is 23.8 Å². The Morgan fingerprint density at radius 3 is 2.83 bits per heavy atom. The number of rotatable bonds is 7. The van der Waals surface area contributed by atoms with E-state index in [1.807, 2.05) is 29.3 Å². The number of carbonyl (C=O) groups excluding carboxylic acids is 1. The van der Waals surface area contributed by atoms with Crippen LogP contribution in [-0.2, 0) is 22.6 Å². The molecule has 1 aliphatic heterocycles. The summed E-state index contributed by atoms with van der Waals surface area (Å²) in [5.41, 5.74) is 3.41. The van der Waals surface area contributed by atoms with Crippen LogP contribution in [0.3, 0.4) is 0 Å². The summed E-state index contributed by atoms with van der Waals surface area (Å²) >= 11 is 0. The van der Waals surface area contributed by atoms with Gasteiger partial charge in [0.1, 0.15) is 0 Å². The molecule has 3 aromatic rings. The predicted molar refractivity (Wildman–Crippen MR) is 116 cm³/mol. The van der Waals surface area contributed by atoms with E-state index < -0.39 is 0 Å². The number of hydrogen-bond acceptors (Lipinski definition) is 4. The summed E-state index contributed by atoms with van der Waals surface area (Å²) in [6.45, 7) is 3.92. The molecule has 1 atom stereocenters. The lowest BCUT2D eigenvalue weighted by molar-refractivity contribution is -0.132. The number of nitrogens with zero attached hydrogens (tertiary/aromatic N) is 3. The summed E-state index contributed by atoms with van der Waals surface area (Å²) < 4.78 is 6.28. The van der Waals surface area contributed by atoms with Crippen LogP contribution in [0.1, 0.15) is 24.0 Å². The number of nitrogens with one attached hydrogen (secondary N) is 1. The first-order chi connectivity index (χ1) is 14.7. The molecule has 1 saturated heterocycles. The van der Waals surface area contributed by atoms with Crippen LogP contribution in [0.15, 0.2) is 55.0 Å². The van der Waals surface area contributed by atoms with Gasteiger partial charge in [-0.2, -0.15) is 0 Å². The monoisotopic (exact) mass is 404 g/mol. The first kappa shape index (κ1) is 19.3. The molecular formula is C24H28N4O2. The first-order valence-electron chi connectivity index (χ1n) is 10.8. The van der Waals surface area contributed by atoms with E-state index in [0.29, 0.717) is 25.6 Å². The van der Waals surface area contributed by atoms with Crippen molar-refractivity contribution in [3.05, 3.63) is 66.1 Å². The maximum absolute atomic E-state index is 13.1. The van der Waals surface area contributed by atoms with Crippen molar-refractivity contribution in [2.24, 2.45) is 5.92 Å². The zero-order valence-electron chi connectivity index (χ0n) is 17.2. The molecule has 6 heteroatoms. The van der Waals surface area contributed by atoms with Crippen LogP contribution in [0.2, 0.25) is 0 Å². The van der Waals surface area contributed by atoms with E-state index in [4.69, 9.17) is 4.74 Å². The minimum atomic E-state index is 0.0268. The fraction of sp³-hybridized carbons (Fsp3) is 0.417. The van der Waals surface area contributed by atoms with Crippen LogP contribution in [0, 0.1) is 5.92 Å². The summed E-state index contributed by atoms with van der Waals surface area (Å²) in [6, 6.07) is 12.3. The van der Waals surface area contributed by atoms with Crippen LogP contribution in [0.4, 0.5) is 0 Å². The molecule has 1 aromatic carbocycles. The number of ether oxygens (including phenoxy) is 1. The third-order valence-electron chi connectivity index (χ3n) is 6.03. The topological polar surface area (TPSA) is 61.5 Å². The number of aromatic nitrogens is 2. The highest BCUT2D eigenvalue weighted by molar-refractivity contribution is 5.83. The number of benzene rings is 1. The number of hydrogen-bond donors (Lipinski definition) is 1. The molecule has 156 valence electrons. The van der Waals surface area contributed by atoms with Crippen LogP contribution in [0.25, 0.3) is 10.9 Å². The normalized spacial score (nSPS) is 20.6. The van der Waals surface area contributed by atoms with Gasteiger partial charge in [-0.3, -0.25) is 14.7 Å². The molecule has 3 heterocycles. The number of aromatic amines is 1. The van der Waals surface area contributed by atoms with Gasteiger partial charge >= 0.3 is 0 Å². The van der Waals surface area contributed by atoms with Crippen LogP contribution in [-0.4, -0.2) is 58.0 Å². The molecule has 2 fully saturated rings. The van der Waals surface area contributed by atoms with Crippen molar-refractivity contribution < 1.29 is 9.53 Å². The predicted octanol–water partition coefficient (Wildman–Crippen LogP) is 3.20. The molecular weight excluding hydrogens is 376 g/mol. The number of para-hydroxylation sites is 1. The highest BCUT2D eigenvalue weighted by Gasteiger charge is 2.30. The number of amides is 1. The highest BCUT2D eigenvalue weighted by Crippen LogP contribution is 2.29. The molecule has 2 aromatic heterocycles. The minimum Gasteiger partial charge on any atom is -0.375 e. The van der Waals surface area contributed by atoms with Crippen LogP contribution >= 0.6 is 0 Å². The Bertz CT molecular complexity index is 999. The molecule has 30 heavy (non-hydrogen) atoms. The van der Waals surface area contributed by atoms with Crippen LogP contribution in [0.5, 0.6) is 0 Å². The van der Waals surface area contributed by atoms with Gasteiger partial charge in [0.2, 0.25) is 5.91 Å². The summed E-state index contributed by atoms with van der Waals surface area (Å²) in [5.74, 6) is 0.856. The minimum absolute atomic E-state index is 0.0268. The number of H-pyrrole nitrogens is 1. The fourth-order valence-corrected chi connectivity index (χ4v) is 4.20. The molecule has 1 amide bonds. The smallest absolute Gasteiger partial charge is 0.237 e. The van der Waals surface area contributed by atoms with E-state index in [9.17, 15) is 4.79 Å². The Kier molecular flexibility index (Phi) is 5.51. The maximum atomic E-state index is 13.1. The van der Waals surface area contributed by atoms with E-state index >= 15 is 0 Å². The SMILES string of the molecule is O=C1CN(Cc2c[nH]c3ccccc23)CC(OCC2CC2)CN1Cc1cccnc1. The third kappa shape index (κ3) is 4.55. The number of pyridine rings is 1. The zero-order valence-corrected chi connectivity index (χ0v) is 17.2. The van der Waals surface area contributed by atoms with Crippen molar-refractivity contribution in [2.45, 2.75) is 32.0 Å². The average Bonchev–Trinajstić information content (AvgIpc) is 3.53. The van der Waals surface area contributed by atoms with Gasteiger partial charge < -0.3 is 14.6 Å². The molecule has 0 spiro atoms. The van der Waals surface area contributed by atoms with Gasteiger partial charge in [-0.05, 0) is 42.0 Å². The molecule has 5 rings (SSSR count). The summed E-state index contributed by atoms with van der Waals surface area (Å²) in [4.78, 5) is 24.8. The van der Waals surface area contributed by atoms with Crippen molar-refractivity contribution in [1.82, 2.24) is 19.8 Å². The second kappa shape index (κ2) is 8.58. The molecule has 1 aliphatic carbocycles. The summed E-state index contributed by atoms with van der Waals surface area (Å²) in [6.07, 6.45) is 8.22. The Balaban J connectivity index is 1.33. The zero-order chi connectivity index (χ0) is 20.3. The first-order valence-corrected chi connectivity index (χ1v) is 10.8. The van der Waals surface area contributed by atoms with Crippen molar-refractivity contribution in [3.63, 3.8) is 0 Å². The van der Waals surface area contributed by atoms with Gasteiger partial charge in [0.25, 0.3) is 0 Å². The van der Waals surface area contributed by atoms with Gasteiger partial charge in [0.15, 0.2) is 0 Å². The molecule has 0 radical (unpaired) electrons. The molecule has 6 nitrogen and oxygen atoms in total. The molecule has 0 bridgehead atoms. The fourth-order valence-electron chi connectivity index (χ4n) is 4.20. The van der Waals surface area contributed by atoms with Crippen molar-refractivity contribution in [2.75, 3.05) is 26.2 Å². The van der Waals surface area contributed by atoms with Gasteiger partial charge in [0, 0.05) is 62.3 Å². The van der Waals surface area contributed by atoms with E-state index in [1.54, 1.807) is 6.20 Å². The average molecular weight is 405 g/mol. The molecule has 1 saturated carbocycles. The Morgan fingerprint density at radius 1 is 1.10 bits per heavy atom. The van der Waals surface area contributed by atoms with Crippen molar-refractivity contribution >= 4 is 16.8 Å². The third-order valence-corrected chi connectivity index (χ3v) is 6.03. The Labute approximate surface area is 176 Å². The van der Waals surface area contributed by atoms with Crippen molar-refractivity contribution in [3.8, 4) is 0 Å². The van der Waals surface area contributed by atoms with E-state index in [2.05, 4.69) is 39.3 Å². The Morgan fingerprint density at radius 2 is 2.00 bits per heavy atom. The van der Waals surface area contributed by atoms with Gasteiger partial charge in [-0.1, -0.05) is 24.3 Å². The second-order valence-electron chi connectivity index (χ2n) is 8.56. The number of carbonyl (C=O) groups is 1. The quantitative estimate of drug-likeness (QED) is 0.657. The lowest BCUT2D eigenvalue weighted by Crippen LogP contribution is -2.37. The standard InChI is InChI=1S/C24H28N4O2/c29-24-16-27(13-20-11-26-23-6-2-1-5-22(20)23)14-21(30-17-18-7-8-18)15-28(24)12-19-4-3-9-25-10-19/h1-6,9-11,18,21,26H,7-8,12-17H2. The largest absolute Gasteiger partial charge is 0.375 e. The lowest BCUT2D eigenvalue weighted by Gasteiger charge is -2.25. The number of fused-ring (bicyclic) bond motifs is 1. The molecule has 1 N–H and O–H groups in total. The highest BCUT2D eigenvalue weighted by atomic mass is 16.5. The molecule has 1 unspecified atom stereocenters.